The second-order valence-corrected chi connectivity index (χ2v) is 5.46. The van der Waals surface area contributed by atoms with Crippen molar-refractivity contribution in [2.24, 2.45) is 0 Å². The summed E-state index contributed by atoms with van der Waals surface area (Å²) in [6.07, 6.45) is 5.95. The first-order valence-corrected chi connectivity index (χ1v) is 7.05. The molecule has 1 N–H and O–H groups in total. The molecule has 100 valence electrons. The Balaban J connectivity index is 2.09. The summed E-state index contributed by atoms with van der Waals surface area (Å²) in [5.41, 5.74) is 0. The van der Waals surface area contributed by atoms with Crippen LogP contribution in [0.1, 0.15) is 25.7 Å². The number of nitrogens with zero attached hydrogens (tertiary/aromatic N) is 3. The molecule has 1 unspecified atom stereocenters. The third kappa shape index (κ3) is 2.97. The van der Waals surface area contributed by atoms with Crippen LogP contribution in [-0.2, 0) is 0 Å². The van der Waals surface area contributed by atoms with Crippen molar-refractivity contribution in [3.8, 4) is 0 Å². The molecular weight excluding hydrogens is 252 g/mol. The first-order chi connectivity index (χ1) is 8.72. The molecule has 1 fully saturated rings. The summed E-state index contributed by atoms with van der Waals surface area (Å²) in [5, 5.41) is 14.8. The standard InChI is InChI=1S/C11H18N4O2S/c1-12-6-5-9-4-2-3-7-14(9)11-13-8-10(18-11)15(16)17/h8-9,12H,2-7H2,1H3. The van der Waals surface area contributed by atoms with Gasteiger partial charge in [0.05, 0.1) is 4.92 Å². The molecule has 1 saturated heterocycles. The normalized spacial score (nSPS) is 20.1. The smallest absolute Gasteiger partial charge is 0.345 e. The Kier molecular flexibility index (Phi) is 4.48. The van der Waals surface area contributed by atoms with Crippen LogP contribution >= 0.6 is 11.3 Å². The molecule has 1 aliphatic heterocycles. The molecular formula is C11H18N4O2S. The Morgan fingerprint density at radius 3 is 3.17 bits per heavy atom. The SMILES string of the molecule is CNCCC1CCCCN1c1ncc([N+](=O)[O-])s1. The van der Waals surface area contributed by atoms with E-state index in [0.717, 1.165) is 37.5 Å². The zero-order valence-electron chi connectivity index (χ0n) is 10.5. The fourth-order valence-electron chi connectivity index (χ4n) is 2.34. The molecule has 0 amide bonds. The maximum Gasteiger partial charge on any atom is 0.345 e. The zero-order valence-corrected chi connectivity index (χ0v) is 11.3. The van der Waals surface area contributed by atoms with Gasteiger partial charge < -0.3 is 10.2 Å². The quantitative estimate of drug-likeness (QED) is 0.654. The Bertz CT molecular complexity index is 410. The number of aromatic nitrogens is 1. The van der Waals surface area contributed by atoms with Gasteiger partial charge in [-0.15, -0.1) is 0 Å². The van der Waals surface area contributed by atoms with E-state index in [2.05, 4.69) is 15.2 Å². The zero-order chi connectivity index (χ0) is 13.0. The van der Waals surface area contributed by atoms with E-state index in [9.17, 15) is 10.1 Å². The summed E-state index contributed by atoms with van der Waals surface area (Å²) >= 11 is 1.18. The van der Waals surface area contributed by atoms with Crippen molar-refractivity contribution >= 4 is 21.5 Å². The predicted octanol–water partition coefficient (Wildman–Crippen LogP) is 2.02. The number of piperidine rings is 1. The van der Waals surface area contributed by atoms with E-state index in [1.54, 1.807) is 0 Å². The molecule has 0 saturated carbocycles. The second kappa shape index (κ2) is 6.10. The van der Waals surface area contributed by atoms with Crippen molar-refractivity contribution in [3.63, 3.8) is 0 Å². The Morgan fingerprint density at radius 2 is 2.50 bits per heavy atom. The molecule has 6 nitrogen and oxygen atoms in total. The van der Waals surface area contributed by atoms with Crippen molar-refractivity contribution in [2.75, 3.05) is 25.0 Å². The minimum absolute atomic E-state index is 0.128. The number of nitrogens with one attached hydrogen (secondary N) is 1. The van der Waals surface area contributed by atoms with Gasteiger partial charge in [0.15, 0.2) is 5.13 Å². The van der Waals surface area contributed by atoms with Crippen molar-refractivity contribution in [2.45, 2.75) is 31.7 Å². The van der Waals surface area contributed by atoms with Gasteiger partial charge in [-0.25, -0.2) is 4.98 Å². The van der Waals surface area contributed by atoms with Crippen molar-refractivity contribution in [1.82, 2.24) is 10.3 Å². The lowest BCUT2D eigenvalue weighted by Gasteiger charge is -2.35. The Morgan fingerprint density at radius 1 is 1.67 bits per heavy atom. The van der Waals surface area contributed by atoms with Gasteiger partial charge in [-0.05, 0) is 50.6 Å². The minimum Gasteiger partial charge on any atom is -0.345 e. The minimum atomic E-state index is -0.367. The number of thiazole rings is 1. The lowest BCUT2D eigenvalue weighted by molar-refractivity contribution is -0.380. The highest BCUT2D eigenvalue weighted by molar-refractivity contribution is 7.18. The fraction of sp³-hybridized carbons (Fsp3) is 0.727. The van der Waals surface area contributed by atoms with Gasteiger partial charge in [-0.2, -0.15) is 0 Å². The third-order valence-electron chi connectivity index (χ3n) is 3.26. The molecule has 2 rings (SSSR count). The van der Waals surface area contributed by atoms with E-state index in [4.69, 9.17) is 0 Å². The molecule has 1 atom stereocenters. The number of hydrogen-bond acceptors (Lipinski definition) is 6. The molecule has 18 heavy (non-hydrogen) atoms. The molecule has 0 bridgehead atoms. The lowest BCUT2D eigenvalue weighted by Crippen LogP contribution is -2.41. The van der Waals surface area contributed by atoms with Gasteiger partial charge in [-0.1, -0.05) is 0 Å². The Labute approximate surface area is 110 Å². The number of hydrogen-bond donors (Lipinski definition) is 1. The molecule has 0 radical (unpaired) electrons. The van der Waals surface area contributed by atoms with Gasteiger partial charge in [0.1, 0.15) is 6.20 Å². The highest BCUT2D eigenvalue weighted by Crippen LogP contribution is 2.33. The van der Waals surface area contributed by atoms with Crippen LogP contribution in [0.5, 0.6) is 0 Å². The van der Waals surface area contributed by atoms with Crippen LogP contribution in [0, 0.1) is 10.1 Å². The summed E-state index contributed by atoms with van der Waals surface area (Å²) in [4.78, 5) is 16.8. The first kappa shape index (κ1) is 13.2. The van der Waals surface area contributed by atoms with E-state index in [1.165, 1.54) is 24.0 Å². The number of rotatable bonds is 5. The summed E-state index contributed by atoms with van der Waals surface area (Å²) in [7, 11) is 1.95. The largest absolute Gasteiger partial charge is 0.345 e. The van der Waals surface area contributed by atoms with Gasteiger partial charge in [0.25, 0.3) is 0 Å². The van der Waals surface area contributed by atoms with Gasteiger partial charge in [0.2, 0.25) is 0 Å². The van der Waals surface area contributed by atoms with E-state index in [-0.39, 0.29) is 9.92 Å². The monoisotopic (exact) mass is 270 g/mol. The van der Waals surface area contributed by atoms with Crippen LogP contribution in [-0.4, -0.2) is 36.1 Å². The van der Waals surface area contributed by atoms with Crippen LogP contribution in [0.15, 0.2) is 6.20 Å². The molecule has 1 aliphatic rings. The third-order valence-corrected chi connectivity index (χ3v) is 4.25. The molecule has 7 heteroatoms. The van der Waals surface area contributed by atoms with E-state index in [0.29, 0.717) is 6.04 Å². The highest BCUT2D eigenvalue weighted by Gasteiger charge is 2.26. The topological polar surface area (TPSA) is 71.3 Å². The van der Waals surface area contributed by atoms with E-state index < -0.39 is 0 Å². The predicted molar refractivity (Wildman–Crippen MR) is 72.3 cm³/mol. The molecule has 2 heterocycles. The molecule has 0 aromatic carbocycles. The van der Waals surface area contributed by atoms with Gasteiger partial charge >= 0.3 is 5.00 Å². The van der Waals surface area contributed by atoms with Crippen LogP contribution in [0.25, 0.3) is 0 Å². The Hall–Kier alpha value is -1.21. The average Bonchev–Trinajstić information content (AvgIpc) is 2.86. The maximum absolute atomic E-state index is 10.7. The summed E-state index contributed by atoms with van der Waals surface area (Å²) < 4.78 is 0. The van der Waals surface area contributed by atoms with Gasteiger partial charge in [0, 0.05) is 12.6 Å². The summed E-state index contributed by atoms with van der Waals surface area (Å²) in [5.74, 6) is 0. The summed E-state index contributed by atoms with van der Waals surface area (Å²) in [6, 6.07) is 0.456. The maximum atomic E-state index is 10.7. The highest BCUT2D eigenvalue weighted by atomic mass is 32.1. The van der Waals surface area contributed by atoms with Crippen molar-refractivity contribution in [1.29, 1.82) is 0 Å². The van der Waals surface area contributed by atoms with Crippen LogP contribution in [0.2, 0.25) is 0 Å². The summed E-state index contributed by atoms with van der Waals surface area (Å²) in [6.45, 7) is 1.92. The molecule has 1 aromatic heterocycles. The van der Waals surface area contributed by atoms with Crippen LogP contribution in [0.4, 0.5) is 10.1 Å². The average molecular weight is 270 g/mol. The first-order valence-electron chi connectivity index (χ1n) is 6.24. The molecule has 0 aliphatic carbocycles. The molecule has 1 aromatic rings. The van der Waals surface area contributed by atoms with Crippen molar-refractivity contribution in [3.05, 3.63) is 16.3 Å². The fourth-order valence-corrected chi connectivity index (χ4v) is 3.17. The number of anilines is 1. The van der Waals surface area contributed by atoms with E-state index >= 15 is 0 Å². The second-order valence-electron chi connectivity index (χ2n) is 4.47. The van der Waals surface area contributed by atoms with Crippen LogP contribution in [0.3, 0.4) is 0 Å². The molecule has 0 spiro atoms. The number of nitro groups is 1. The lowest BCUT2D eigenvalue weighted by atomic mass is 10.00. The van der Waals surface area contributed by atoms with Crippen molar-refractivity contribution < 1.29 is 4.92 Å². The van der Waals surface area contributed by atoms with Gasteiger partial charge in [-0.3, -0.25) is 10.1 Å². The van der Waals surface area contributed by atoms with Crippen LogP contribution < -0.4 is 10.2 Å². The van der Waals surface area contributed by atoms with E-state index in [1.807, 2.05) is 7.05 Å².